The van der Waals surface area contributed by atoms with E-state index in [0.717, 1.165) is 48.0 Å². The highest BCUT2D eigenvalue weighted by molar-refractivity contribution is 7.09. The molecule has 4 rings (SSSR count). The number of hydrogen-bond donors (Lipinski definition) is 0. The van der Waals surface area contributed by atoms with E-state index in [2.05, 4.69) is 41.3 Å². The Morgan fingerprint density at radius 3 is 2.58 bits per heavy atom. The van der Waals surface area contributed by atoms with Crippen molar-refractivity contribution < 1.29 is 4.74 Å². The number of hydrogen-bond acceptors (Lipinski definition) is 8. The zero-order valence-corrected chi connectivity index (χ0v) is 14.5. The second kappa shape index (κ2) is 6.20. The predicted octanol–water partition coefficient (Wildman–Crippen LogP) is 2.12. The van der Waals surface area contributed by atoms with E-state index >= 15 is 0 Å². The number of aromatic nitrogens is 4. The lowest BCUT2D eigenvalue weighted by Crippen LogP contribution is -2.46. The van der Waals surface area contributed by atoms with Crippen molar-refractivity contribution in [3.8, 4) is 5.88 Å². The average Bonchev–Trinajstić information content (AvgIpc) is 3.07. The van der Waals surface area contributed by atoms with Crippen molar-refractivity contribution >= 4 is 33.3 Å². The zero-order chi connectivity index (χ0) is 16.5. The molecule has 1 aromatic carbocycles. The Balaban J connectivity index is 1.54. The first-order valence-electron chi connectivity index (χ1n) is 7.83. The highest BCUT2D eigenvalue weighted by atomic mass is 32.1. The van der Waals surface area contributed by atoms with Crippen LogP contribution in [-0.2, 0) is 0 Å². The predicted molar refractivity (Wildman–Crippen MR) is 95.2 cm³/mol. The Bertz CT molecular complexity index is 859. The van der Waals surface area contributed by atoms with E-state index in [0.29, 0.717) is 5.88 Å². The molecule has 2 aromatic heterocycles. The Morgan fingerprint density at radius 1 is 1.08 bits per heavy atom. The number of methoxy groups -OCH3 is 1. The van der Waals surface area contributed by atoms with Gasteiger partial charge in [0.15, 0.2) is 0 Å². The lowest BCUT2D eigenvalue weighted by molar-refractivity contribution is 0.402. The molecule has 0 atom stereocenters. The van der Waals surface area contributed by atoms with Crippen LogP contribution in [0.15, 0.2) is 24.5 Å². The number of anilines is 2. The fourth-order valence-electron chi connectivity index (χ4n) is 2.95. The van der Waals surface area contributed by atoms with Crippen molar-refractivity contribution in [3.05, 3.63) is 30.4 Å². The summed E-state index contributed by atoms with van der Waals surface area (Å²) < 4.78 is 9.63. The minimum Gasteiger partial charge on any atom is -0.480 e. The highest BCUT2D eigenvalue weighted by Crippen LogP contribution is 2.28. The van der Waals surface area contributed by atoms with Gasteiger partial charge in [0.05, 0.1) is 18.0 Å². The van der Waals surface area contributed by atoms with Crippen molar-refractivity contribution in [2.45, 2.75) is 6.92 Å². The maximum Gasteiger partial charge on any atom is 0.224 e. The lowest BCUT2D eigenvalue weighted by Gasteiger charge is -2.35. The molecule has 124 valence electrons. The Hall–Kier alpha value is -2.48. The number of aryl methyl sites for hydroxylation is 1. The van der Waals surface area contributed by atoms with E-state index in [4.69, 9.17) is 4.74 Å². The molecule has 7 nitrogen and oxygen atoms in total. The summed E-state index contributed by atoms with van der Waals surface area (Å²) in [7, 11) is 1.64. The van der Waals surface area contributed by atoms with Crippen LogP contribution in [0.2, 0.25) is 0 Å². The molecule has 3 aromatic rings. The monoisotopic (exact) mass is 342 g/mol. The average molecular weight is 342 g/mol. The van der Waals surface area contributed by atoms with Crippen LogP contribution in [0.3, 0.4) is 0 Å². The quantitative estimate of drug-likeness (QED) is 0.722. The van der Waals surface area contributed by atoms with Crippen LogP contribution in [0.4, 0.5) is 10.8 Å². The number of piperazine rings is 1. The van der Waals surface area contributed by atoms with Crippen LogP contribution in [0.5, 0.6) is 5.88 Å². The molecule has 1 aliphatic rings. The minimum absolute atomic E-state index is 0.616. The molecule has 0 radical (unpaired) electrons. The third-order valence-electron chi connectivity index (χ3n) is 4.21. The maximum absolute atomic E-state index is 5.36. The molecule has 3 heterocycles. The topological polar surface area (TPSA) is 67.3 Å². The lowest BCUT2D eigenvalue weighted by atomic mass is 10.2. The van der Waals surface area contributed by atoms with Crippen molar-refractivity contribution in [2.24, 2.45) is 0 Å². The van der Waals surface area contributed by atoms with E-state index in [9.17, 15) is 0 Å². The molecule has 0 bridgehead atoms. The standard InChI is InChI=1S/C16H18N6OS/c1-11-19-16(24-20-11)22-7-5-21(6-8-22)12-3-4-14-13(9-12)15(23-2)18-10-17-14/h3-4,9-10H,5-8H2,1-2H3. The van der Waals surface area contributed by atoms with Gasteiger partial charge in [-0.15, -0.1) is 0 Å². The second-order valence-electron chi connectivity index (χ2n) is 5.68. The number of ether oxygens (including phenoxy) is 1. The van der Waals surface area contributed by atoms with Gasteiger partial charge in [0.2, 0.25) is 11.0 Å². The van der Waals surface area contributed by atoms with Gasteiger partial charge >= 0.3 is 0 Å². The maximum atomic E-state index is 5.36. The number of nitrogens with zero attached hydrogens (tertiary/aromatic N) is 6. The first-order chi connectivity index (χ1) is 11.7. The first kappa shape index (κ1) is 15.1. The fraction of sp³-hybridized carbons (Fsp3) is 0.375. The van der Waals surface area contributed by atoms with Gasteiger partial charge in [0.25, 0.3) is 0 Å². The molecule has 0 N–H and O–H groups in total. The summed E-state index contributed by atoms with van der Waals surface area (Å²) in [5.74, 6) is 1.46. The molecule has 0 unspecified atom stereocenters. The van der Waals surface area contributed by atoms with Gasteiger partial charge in [-0.3, -0.25) is 0 Å². The number of benzene rings is 1. The summed E-state index contributed by atoms with van der Waals surface area (Å²) in [6, 6.07) is 6.24. The first-order valence-corrected chi connectivity index (χ1v) is 8.61. The van der Waals surface area contributed by atoms with E-state index in [-0.39, 0.29) is 0 Å². The van der Waals surface area contributed by atoms with Crippen LogP contribution >= 0.6 is 11.5 Å². The molecule has 0 aliphatic carbocycles. The van der Waals surface area contributed by atoms with Crippen LogP contribution < -0.4 is 14.5 Å². The summed E-state index contributed by atoms with van der Waals surface area (Å²) in [6.07, 6.45) is 1.53. The van der Waals surface area contributed by atoms with Crippen LogP contribution in [0.25, 0.3) is 10.9 Å². The molecule has 24 heavy (non-hydrogen) atoms. The third kappa shape index (κ3) is 2.73. The summed E-state index contributed by atoms with van der Waals surface area (Å²) in [4.78, 5) is 17.6. The summed E-state index contributed by atoms with van der Waals surface area (Å²) in [5, 5.41) is 1.96. The van der Waals surface area contributed by atoms with Gasteiger partial charge in [-0.1, -0.05) is 0 Å². The third-order valence-corrected chi connectivity index (χ3v) is 5.08. The highest BCUT2D eigenvalue weighted by Gasteiger charge is 2.20. The largest absolute Gasteiger partial charge is 0.480 e. The van der Waals surface area contributed by atoms with Gasteiger partial charge in [-0.05, 0) is 25.1 Å². The second-order valence-corrected chi connectivity index (χ2v) is 6.41. The number of fused-ring (bicyclic) bond motifs is 1. The summed E-state index contributed by atoms with van der Waals surface area (Å²) in [6.45, 7) is 5.70. The van der Waals surface area contributed by atoms with Gasteiger partial charge in [-0.25, -0.2) is 15.0 Å². The fourth-order valence-corrected chi connectivity index (χ4v) is 3.68. The summed E-state index contributed by atoms with van der Waals surface area (Å²) in [5.41, 5.74) is 2.07. The van der Waals surface area contributed by atoms with Crippen molar-refractivity contribution in [2.75, 3.05) is 43.1 Å². The summed E-state index contributed by atoms with van der Waals surface area (Å²) >= 11 is 1.47. The molecular weight excluding hydrogens is 324 g/mol. The Labute approximate surface area is 144 Å². The molecule has 1 fully saturated rings. The zero-order valence-electron chi connectivity index (χ0n) is 13.6. The molecule has 1 saturated heterocycles. The molecule has 0 spiro atoms. The SMILES string of the molecule is COc1ncnc2ccc(N3CCN(c4nc(C)ns4)CC3)cc12. The van der Waals surface area contributed by atoms with Gasteiger partial charge in [-0.2, -0.15) is 4.37 Å². The molecule has 0 amide bonds. The Morgan fingerprint density at radius 2 is 1.88 bits per heavy atom. The van der Waals surface area contributed by atoms with Crippen LogP contribution in [-0.4, -0.2) is 52.6 Å². The normalized spacial score (nSPS) is 15.1. The van der Waals surface area contributed by atoms with E-state index in [1.807, 2.05) is 13.0 Å². The molecule has 0 saturated carbocycles. The van der Waals surface area contributed by atoms with Crippen molar-refractivity contribution in [3.63, 3.8) is 0 Å². The molecule has 1 aliphatic heterocycles. The van der Waals surface area contributed by atoms with Crippen LogP contribution in [0.1, 0.15) is 5.82 Å². The van der Waals surface area contributed by atoms with E-state index in [1.54, 1.807) is 7.11 Å². The van der Waals surface area contributed by atoms with E-state index in [1.165, 1.54) is 23.5 Å². The van der Waals surface area contributed by atoms with Gasteiger partial charge in [0.1, 0.15) is 12.2 Å². The van der Waals surface area contributed by atoms with E-state index < -0.39 is 0 Å². The van der Waals surface area contributed by atoms with Gasteiger partial charge < -0.3 is 14.5 Å². The van der Waals surface area contributed by atoms with Crippen molar-refractivity contribution in [1.29, 1.82) is 0 Å². The van der Waals surface area contributed by atoms with Crippen LogP contribution in [0, 0.1) is 6.92 Å². The van der Waals surface area contributed by atoms with Crippen molar-refractivity contribution in [1.82, 2.24) is 19.3 Å². The smallest absolute Gasteiger partial charge is 0.224 e. The Kier molecular flexibility index (Phi) is 3.89. The molecular formula is C16H18N6OS. The van der Waals surface area contributed by atoms with Gasteiger partial charge in [0, 0.05) is 43.4 Å². The minimum atomic E-state index is 0.616. The molecule has 8 heteroatoms. The number of rotatable bonds is 3.